The van der Waals surface area contributed by atoms with E-state index in [1.807, 2.05) is 6.92 Å². The second kappa shape index (κ2) is 8.81. The van der Waals surface area contributed by atoms with Crippen LogP contribution in [0.25, 0.3) is 11.3 Å². The van der Waals surface area contributed by atoms with E-state index in [1.54, 1.807) is 25.3 Å². The first-order chi connectivity index (χ1) is 14.5. The molecule has 0 saturated carbocycles. The normalized spacial score (nSPS) is 13.5. The molecule has 0 fully saturated rings. The Morgan fingerprint density at radius 2 is 1.81 bits per heavy atom. The molecule has 0 spiro atoms. The number of nitrogens with zero attached hydrogens (tertiary/aromatic N) is 2. The van der Waals surface area contributed by atoms with Gasteiger partial charge in [-0.3, -0.25) is 14.8 Å². The Balaban J connectivity index is 1.98. The fourth-order valence-electron chi connectivity index (χ4n) is 2.94. The number of nitrogens with one attached hydrogen (secondary N) is 1. The molecule has 31 heavy (non-hydrogen) atoms. The van der Waals surface area contributed by atoms with Crippen LogP contribution in [0.5, 0.6) is 0 Å². The predicted molar refractivity (Wildman–Crippen MR) is 106 cm³/mol. The number of hydrogen-bond acceptors (Lipinski definition) is 4. The number of hydrogen-bond donors (Lipinski definition) is 2. The van der Waals surface area contributed by atoms with Gasteiger partial charge in [0, 0.05) is 23.5 Å². The van der Waals surface area contributed by atoms with Gasteiger partial charge in [0.05, 0.1) is 17.9 Å². The van der Waals surface area contributed by atoms with Gasteiger partial charge in [0.2, 0.25) is 0 Å². The Kier molecular flexibility index (Phi) is 6.35. The number of aromatic nitrogens is 2. The van der Waals surface area contributed by atoms with E-state index in [4.69, 9.17) is 0 Å². The zero-order valence-electron chi connectivity index (χ0n) is 16.6. The van der Waals surface area contributed by atoms with Crippen LogP contribution in [0.15, 0.2) is 55.0 Å². The van der Waals surface area contributed by atoms with Crippen LogP contribution in [0, 0.1) is 12.7 Å². The first kappa shape index (κ1) is 22.4. The summed E-state index contributed by atoms with van der Waals surface area (Å²) in [4.78, 5) is 20.7. The third-order valence-corrected chi connectivity index (χ3v) is 4.62. The molecule has 0 aliphatic carbocycles. The van der Waals surface area contributed by atoms with Gasteiger partial charge in [-0.2, -0.15) is 13.2 Å². The van der Waals surface area contributed by atoms with Crippen LogP contribution < -0.4 is 5.32 Å². The minimum atomic E-state index is -4.91. The predicted octanol–water partition coefficient (Wildman–Crippen LogP) is 4.68. The van der Waals surface area contributed by atoms with Crippen molar-refractivity contribution >= 4 is 5.91 Å². The van der Waals surface area contributed by atoms with Crippen molar-refractivity contribution in [2.24, 2.45) is 0 Å². The molecular formula is C22H19F4N3O2. The second-order valence-corrected chi connectivity index (χ2v) is 7.14. The second-order valence-electron chi connectivity index (χ2n) is 7.14. The molecule has 162 valence electrons. The lowest BCUT2D eigenvalue weighted by Gasteiger charge is -2.18. The maximum atomic E-state index is 13.4. The van der Waals surface area contributed by atoms with Gasteiger partial charge < -0.3 is 10.4 Å². The summed E-state index contributed by atoms with van der Waals surface area (Å²) in [5.41, 5.74) is 1.24. The molecule has 1 aromatic carbocycles. The highest BCUT2D eigenvalue weighted by Crippen LogP contribution is 2.35. The Bertz CT molecular complexity index is 1080. The number of pyridine rings is 2. The third-order valence-electron chi connectivity index (χ3n) is 4.62. The monoisotopic (exact) mass is 433 g/mol. The summed E-state index contributed by atoms with van der Waals surface area (Å²) in [6, 6.07) is 7.38. The van der Waals surface area contributed by atoms with Crippen molar-refractivity contribution in [3.8, 4) is 11.3 Å². The van der Waals surface area contributed by atoms with Gasteiger partial charge >= 0.3 is 6.18 Å². The number of carbonyl (C=O) groups is 1. The number of alkyl halides is 3. The lowest BCUT2D eigenvalue weighted by atomic mass is 9.98. The maximum Gasteiger partial charge on any atom is 0.418 e. The molecule has 0 aliphatic rings. The van der Waals surface area contributed by atoms with Crippen LogP contribution in [-0.2, 0) is 0 Å². The van der Waals surface area contributed by atoms with E-state index >= 15 is 0 Å². The highest BCUT2D eigenvalue weighted by Gasteiger charge is 2.39. The molecule has 1 unspecified atom stereocenters. The number of rotatable bonds is 5. The van der Waals surface area contributed by atoms with E-state index in [2.05, 4.69) is 15.3 Å². The molecule has 0 aliphatic heterocycles. The van der Waals surface area contributed by atoms with Crippen LogP contribution in [0.4, 0.5) is 17.6 Å². The number of benzene rings is 1. The topological polar surface area (TPSA) is 75.1 Å². The molecule has 5 nitrogen and oxygen atoms in total. The first-order valence-corrected chi connectivity index (χ1v) is 9.28. The summed E-state index contributed by atoms with van der Waals surface area (Å²) in [5, 5.41) is 12.3. The van der Waals surface area contributed by atoms with Crippen LogP contribution >= 0.6 is 0 Å². The van der Waals surface area contributed by atoms with Crippen molar-refractivity contribution in [3.05, 3.63) is 83.1 Å². The van der Waals surface area contributed by atoms with Gasteiger partial charge in [0.1, 0.15) is 5.82 Å². The van der Waals surface area contributed by atoms with Crippen molar-refractivity contribution in [1.29, 1.82) is 0 Å². The first-order valence-electron chi connectivity index (χ1n) is 9.28. The number of aliphatic hydroxyl groups is 1. The average Bonchev–Trinajstić information content (AvgIpc) is 2.72. The molecule has 2 atom stereocenters. The SMILES string of the molecule is Cc1ccc(-c2cc(C(=O)N[C@H](C)c3cncc(F)c3)cc(C(O)C(F)(F)F)c2)nc1. The molecule has 9 heteroatoms. The van der Waals surface area contributed by atoms with Crippen molar-refractivity contribution in [1.82, 2.24) is 15.3 Å². The maximum absolute atomic E-state index is 13.4. The summed E-state index contributed by atoms with van der Waals surface area (Å²) in [5.74, 6) is -1.28. The van der Waals surface area contributed by atoms with Gasteiger partial charge in [-0.05, 0) is 60.9 Å². The van der Waals surface area contributed by atoms with Crippen LogP contribution in [0.3, 0.4) is 0 Å². The van der Waals surface area contributed by atoms with Crippen molar-refractivity contribution in [2.45, 2.75) is 32.2 Å². The Labute approximate surface area is 175 Å². The Hall–Kier alpha value is -3.33. The van der Waals surface area contributed by atoms with E-state index in [1.165, 1.54) is 18.3 Å². The number of halogens is 4. The fraction of sp³-hybridized carbons (Fsp3) is 0.227. The van der Waals surface area contributed by atoms with Crippen LogP contribution in [-0.4, -0.2) is 27.2 Å². The summed E-state index contributed by atoms with van der Waals surface area (Å²) in [6.07, 6.45) is -3.75. The fourth-order valence-corrected chi connectivity index (χ4v) is 2.94. The molecule has 0 saturated heterocycles. The van der Waals surface area contributed by atoms with E-state index in [0.717, 1.165) is 23.9 Å². The summed E-state index contributed by atoms with van der Waals surface area (Å²) in [7, 11) is 0. The smallest absolute Gasteiger partial charge is 0.379 e. The van der Waals surface area contributed by atoms with Gasteiger partial charge in [0.25, 0.3) is 5.91 Å². The van der Waals surface area contributed by atoms with Crippen LogP contribution in [0.1, 0.15) is 46.1 Å². The number of aryl methyl sites for hydroxylation is 1. The highest BCUT2D eigenvalue weighted by molar-refractivity contribution is 5.96. The van der Waals surface area contributed by atoms with Crippen LogP contribution in [0.2, 0.25) is 0 Å². The Morgan fingerprint density at radius 3 is 2.42 bits per heavy atom. The highest BCUT2D eigenvalue weighted by atomic mass is 19.4. The molecule has 3 rings (SSSR count). The standard InChI is InChI=1S/C22H19F4N3O2/c1-12-3-4-19(28-9-12)14-5-15(20(30)22(24,25)26)7-16(6-14)21(31)29-13(2)17-8-18(23)11-27-10-17/h3-11,13,20,30H,1-2H3,(H,29,31)/t13-,20?/m1/s1. The molecule has 2 N–H and O–H groups in total. The third kappa shape index (κ3) is 5.43. The zero-order chi connectivity index (χ0) is 22.8. The largest absolute Gasteiger partial charge is 0.418 e. The zero-order valence-corrected chi connectivity index (χ0v) is 16.6. The molecule has 2 aromatic heterocycles. The quantitative estimate of drug-likeness (QED) is 0.573. The van der Waals surface area contributed by atoms with Gasteiger partial charge in [-0.1, -0.05) is 6.07 Å². The van der Waals surface area contributed by atoms with Crippen molar-refractivity contribution in [2.75, 3.05) is 0 Å². The number of aliphatic hydroxyl groups excluding tert-OH is 1. The molecule has 3 aromatic rings. The lowest BCUT2D eigenvalue weighted by molar-refractivity contribution is -0.206. The van der Waals surface area contributed by atoms with Crippen molar-refractivity contribution < 1.29 is 27.5 Å². The van der Waals surface area contributed by atoms with Gasteiger partial charge in [-0.15, -0.1) is 0 Å². The number of amides is 1. The van der Waals surface area contributed by atoms with Gasteiger partial charge in [-0.25, -0.2) is 4.39 Å². The molecule has 0 bridgehead atoms. The summed E-state index contributed by atoms with van der Waals surface area (Å²) in [6.45, 7) is 3.40. The van der Waals surface area contributed by atoms with E-state index < -0.39 is 35.6 Å². The number of carbonyl (C=O) groups excluding carboxylic acids is 1. The van der Waals surface area contributed by atoms with E-state index in [-0.39, 0.29) is 11.1 Å². The van der Waals surface area contributed by atoms with E-state index in [9.17, 15) is 27.5 Å². The summed E-state index contributed by atoms with van der Waals surface area (Å²) >= 11 is 0. The van der Waals surface area contributed by atoms with Gasteiger partial charge in [0.15, 0.2) is 6.10 Å². The minimum absolute atomic E-state index is 0.102. The molecule has 0 radical (unpaired) electrons. The molecular weight excluding hydrogens is 414 g/mol. The lowest BCUT2D eigenvalue weighted by Crippen LogP contribution is -2.27. The minimum Gasteiger partial charge on any atom is -0.379 e. The van der Waals surface area contributed by atoms with E-state index in [0.29, 0.717) is 11.3 Å². The summed E-state index contributed by atoms with van der Waals surface area (Å²) < 4.78 is 52.7. The van der Waals surface area contributed by atoms with Crippen molar-refractivity contribution in [3.63, 3.8) is 0 Å². The molecule has 2 heterocycles. The molecule has 1 amide bonds. The average molecular weight is 433 g/mol. The Morgan fingerprint density at radius 1 is 1.06 bits per heavy atom.